The minimum Gasteiger partial charge on any atom is -0.452 e. The molecule has 1 saturated heterocycles. The van der Waals surface area contributed by atoms with Gasteiger partial charge in [0.1, 0.15) is 0 Å². The third-order valence-corrected chi connectivity index (χ3v) is 3.97. The van der Waals surface area contributed by atoms with Crippen molar-refractivity contribution in [1.82, 2.24) is 0 Å². The van der Waals surface area contributed by atoms with Crippen molar-refractivity contribution < 1.29 is 24.0 Å². The van der Waals surface area contributed by atoms with Gasteiger partial charge in [0.2, 0.25) is 0 Å². The van der Waals surface area contributed by atoms with E-state index in [0.717, 1.165) is 6.07 Å². The van der Waals surface area contributed by atoms with Crippen LogP contribution in [-0.4, -0.2) is 36.1 Å². The number of hydrogen-bond donors (Lipinski definition) is 1. The zero-order valence-corrected chi connectivity index (χ0v) is 13.7. The Balaban J connectivity index is 1.97. The maximum absolute atomic E-state index is 12.1. The van der Waals surface area contributed by atoms with Crippen LogP contribution in [-0.2, 0) is 19.1 Å². The van der Waals surface area contributed by atoms with Crippen LogP contribution in [0.3, 0.4) is 0 Å². The first kappa shape index (κ1) is 18.2. The highest BCUT2D eigenvalue weighted by molar-refractivity contribution is 6.33. The number of nitro groups is 1. The van der Waals surface area contributed by atoms with Crippen LogP contribution in [0, 0.1) is 16.0 Å². The average molecular weight is 357 g/mol. The summed E-state index contributed by atoms with van der Waals surface area (Å²) in [7, 11) is 0. The first-order chi connectivity index (χ1) is 11.4. The summed E-state index contributed by atoms with van der Waals surface area (Å²) in [5, 5.41) is 13.4. The van der Waals surface area contributed by atoms with Gasteiger partial charge in [-0.2, -0.15) is 0 Å². The molecule has 9 heteroatoms. The number of anilines is 1. The van der Waals surface area contributed by atoms with Gasteiger partial charge >= 0.3 is 5.97 Å². The molecule has 1 N–H and O–H groups in total. The lowest BCUT2D eigenvalue weighted by atomic mass is 10.0. The van der Waals surface area contributed by atoms with Gasteiger partial charge in [-0.3, -0.25) is 19.7 Å². The maximum Gasteiger partial charge on any atom is 0.309 e. The molecule has 0 bridgehead atoms. The second kappa shape index (κ2) is 8.07. The molecule has 1 aliphatic heterocycles. The van der Waals surface area contributed by atoms with Crippen LogP contribution in [0.15, 0.2) is 18.2 Å². The van der Waals surface area contributed by atoms with E-state index in [1.807, 2.05) is 0 Å². The Hall–Kier alpha value is -2.19. The molecule has 1 atom stereocenters. The number of nitrogens with zero attached hydrogens (tertiary/aromatic N) is 1. The van der Waals surface area contributed by atoms with Gasteiger partial charge in [0, 0.05) is 25.3 Å². The molecule has 1 fully saturated rings. The molecular formula is C15H17ClN2O6. The third-order valence-electron chi connectivity index (χ3n) is 3.64. The standard InChI is InChI=1S/C15H17ClN2O6/c1-9(24-15(20)10-4-6-23-7-5-10)14(19)17-13-8-11(18(21)22)2-3-12(13)16/h2-3,8-10H,4-7H2,1H3,(H,17,19). The smallest absolute Gasteiger partial charge is 0.309 e. The highest BCUT2D eigenvalue weighted by atomic mass is 35.5. The molecule has 0 aliphatic carbocycles. The van der Waals surface area contributed by atoms with Gasteiger partial charge in [0.05, 0.1) is 21.6 Å². The molecule has 24 heavy (non-hydrogen) atoms. The second-order valence-corrected chi connectivity index (χ2v) is 5.78. The van der Waals surface area contributed by atoms with Gasteiger partial charge in [-0.05, 0) is 25.8 Å². The molecule has 2 rings (SSSR count). The monoisotopic (exact) mass is 356 g/mol. The molecular weight excluding hydrogens is 340 g/mol. The lowest BCUT2D eigenvalue weighted by Gasteiger charge is -2.22. The summed E-state index contributed by atoms with van der Waals surface area (Å²) in [6, 6.07) is 3.69. The van der Waals surface area contributed by atoms with Gasteiger partial charge in [0.25, 0.3) is 11.6 Å². The van der Waals surface area contributed by atoms with Gasteiger partial charge in [-0.25, -0.2) is 0 Å². The van der Waals surface area contributed by atoms with E-state index in [4.69, 9.17) is 21.1 Å². The minimum absolute atomic E-state index is 0.0878. The number of non-ortho nitro benzene ring substituents is 1. The predicted molar refractivity (Wildman–Crippen MR) is 85.8 cm³/mol. The molecule has 0 radical (unpaired) electrons. The van der Waals surface area contributed by atoms with Gasteiger partial charge in [0.15, 0.2) is 6.10 Å². The molecule has 1 heterocycles. The SMILES string of the molecule is CC(OC(=O)C1CCOCC1)C(=O)Nc1cc([N+](=O)[O-])ccc1Cl. The van der Waals surface area contributed by atoms with Gasteiger partial charge in [-0.15, -0.1) is 0 Å². The number of benzene rings is 1. The zero-order chi connectivity index (χ0) is 17.7. The number of esters is 1. The zero-order valence-electron chi connectivity index (χ0n) is 13.0. The summed E-state index contributed by atoms with van der Waals surface area (Å²) in [5.41, 5.74) is -0.119. The van der Waals surface area contributed by atoms with Crippen LogP contribution < -0.4 is 5.32 Å². The van der Waals surface area contributed by atoms with Crippen LogP contribution in [0.5, 0.6) is 0 Å². The fraction of sp³-hybridized carbons (Fsp3) is 0.467. The van der Waals surface area contributed by atoms with E-state index in [-0.39, 0.29) is 22.3 Å². The quantitative estimate of drug-likeness (QED) is 0.493. The van der Waals surface area contributed by atoms with Crippen molar-refractivity contribution in [2.24, 2.45) is 5.92 Å². The Bertz CT molecular complexity index is 645. The third kappa shape index (κ3) is 4.65. The molecule has 0 saturated carbocycles. The number of ether oxygens (including phenoxy) is 2. The summed E-state index contributed by atoms with van der Waals surface area (Å²) < 4.78 is 10.3. The van der Waals surface area contributed by atoms with Crippen molar-refractivity contribution in [1.29, 1.82) is 0 Å². The first-order valence-electron chi connectivity index (χ1n) is 7.41. The molecule has 1 amide bonds. The normalized spacial score (nSPS) is 16.2. The topological polar surface area (TPSA) is 108 Å². The maximum atomic E-state index is 12.1. The fourth-order valence-electron chi connectivity index (χ4n) is 2.21. The first-order valence-corrected chi connectivity index (χ1v) is 7.79. The number of nitro benzene ring substituents is 1. The van der Waals surface area contributed by atoms with Gasteiger partial charge in [-0.1, -0.05) is 11.6 Å². The number of rotatable bonds is 5. The summed E-state index contributed by atoms with van der Waals surface area (Å²) in [5.74, 6) is -1.35. The number of amides is 1. The summed E-state index contributed by atoms with van der Waals surface area (Å²) in [6.45, 7) is 2.41. The van der Waals surface area contributed by atoms with Crippen molar-refractivity contribution in [3.05, 3.63) is 33.3 Å². The lowest BCUT2D eigenvalue weighted by Crippen LogP contribution is -2.34. The van der Waals surface area contributed by atoms with Crippen molar-refractivity contribution in [3.8, 4) is 0 Å². The van der Waals surface area contributed by atoms with Crippen LogP contribution in [0.4, 0.5) is 11.4 Å². The number of halogens is 1. The van der Waals surface area contributed by atoms with Gasteiger partial charge < -0.3 is 14.8 Å². The molecule has 0 spiro atoms. The predicted octanol–water partition coefficient (Wildman–Crippen LogP) is 2.54. The van der Waals surface area contributed by atoms with Crippen LogP contribution in [0.1, 0.15) is 19.8 Å². The fourth-order valence-corrected chi connectivity index (χ4v) is 2.38. The largest absolute Gasteiger partial charge is 0.452 e. The Morgan fingerprint density at radius 2 is 2.08 bits per heavy atom. The van der Waals surface area contributed by atoms with E-state index in [0.29, 0.717) is 26.1 Å². The molecule has 1 aliphatic rings. The van der Waals surface area contributed by atoms with Crippen molar-refractivity contribution >= 4 is 34.9 Å². The molecule has 1 aromatic rings. The molecule has 1 unspecified atom stereocenters. The highest BCUT2D eigenvalue weighted by Crippen LogP contribution is 2.27. The second-order valence-electron chi connectivity index (χ2n) is 5.38. The van der Waals surface area contributed by atoms with Crippen molar-refractivity contribution in [2.75, 3.05) is 18.5 Å². The molecule has 1 aromatic carbocycles. The number of nitrogens with one attached hydrogen (secondary N) is 1. The molecule has 130 valence electrons. The Kier molecular flexibility index (Phi) is 6.10. The van der Waals surface area contributed by atoms with E-state index in [2.05, 4.69) is 5.32 Å². The van der Waals surface area contributed by atoms with Crippen molar-refractivity contribution in [3.63, 3.8) is 0 Å². The van der Waals surface area contributed by atoms with Crippen LogP contribution in [0.2, 0.25) is 5.02 Å². The summed E-state index contributed by atoms with van der Waals surface area (Å²) in [4.78, 5) is 34.3. The Morgan fingerprint density at radius 1 is 1.42 bits per heavy atom. The van der Waals surface area contributed by atoms with Crippen LogP contribution >= 0.6 is 11.6 Å². The number of carbonyl (C=O) groups is 2. The van der Waals surface area contributed by atoms with E-state index < -0.39 is 22.9 Å². The Labute approximate surface area is 143 Å². The van der Waals surface area contributed by atoms with E-state index >= 15 is 0 Å². The van der Waals surface area contributed by atoms with E-state index in [9.17, 15) is 19.7 Å². The average Bonchev–Trinajstić information content (AvgIpc) is 2.57. The van der Waals surface area contributed by atoms with E-state index in [1.54, 1.807) is 0 Å². The Morgan fingerprint density at radius 3 is 2.71 bits per heavy atom. The van der Waals surface area contributed by atoms with Crippen LogP contribution in [0.25, 0.3) is 0 Å². The molecule has 8 nitrogen and oxygen atoms in total. The highest BCUT2D eigenvalue weighted by Gasteiger charge is 2.27. The number of carbonyl (C=O) groups excluding carboxylic acids is 2. The lowest BCUT2D eigenvalue weighted by molar-refractivity contribution is -0.384. The molecule has 0 aromatic heterocycles. The summed E-state index contributed by atoms with van der Waals surface area (Å²) >= 11 is 5.92. The van der Waals surface area contributed by atoms with E-state index in [1.165, 1.54) is 19.1 Å². The summed E-state index contributed by atoms with van der Waals surface area (Å²) in [6.07, 6.45) is 0.0731. The minimum atomic E-state index is -1.05. The number of hydrogen-bond acceptors (Lipinski definition) is 6. The van der Waals surface area contributed by atoms with Crippen molar-refractivity contribution in [2.45, 2.75) is 25.9 Å².